The average Bonchev–Trinajstić information content (AvgIpc) is 2.43. The molecule has 0 aromatic heterocycles. The summed E-state index contributed by atoms with van der Waals surface area (Å²) in [6.45, 7) is 9.38. The van der Waals surface area contributed by atoms with Crippen LogP contribution in [0.25, 0.3) is 0 Å². The maximum Gasteiger partial charge on any atom is 0.235 e. The number of nitriles is 1. The van der Waals surface area contributed by atoms with Crippen molar-refractivity contribution in [3.63, 3.8) is 0 Å². The lowest BCUT2D eigenvalue weighted by atomic mass is 9.78. The lowest BCUT2D eigenvalue weighted by molar-refractivity contribution is -0.143. The zero-order valence-corrected chi connectivity index (χ0v) is 11.2. The molecule has 0 spiro atoms. The molecule has 0 saturated carbocycles. The van der Waals surface area contributed by atoms with Crippen LogP contribution >= 0.6 is 0 Å². The third-order valence-electron chi connectivity index (χ3n) is 3.68. The van der Waals surface area contributed by atoms with Crippen LogP contribution in [-0.2, 0) is 9.59 Å². The molecule has 4 heteroatoms. The minimum Gasteiger partial charge on any atom is -0.281 e. The average molecular weight is 236 g/mol. The van der Waals surface area contributed by atoms with Gasteiger partial charge in [0.15, 0.2) is 0 Å². The fraction of sp³-hybridized carbons (Fsp3) is 0.769. The van der Waals surface area contributed by atoms with Crippen molar-refractivity contribution in [3.05, 3.63) is 0 Å². The Balaban J connectivity index is 2.96. The second-order valence-corrected chi connectivity index (χ2v) is 6.03. The quantitative estimate of drug-likeness (QED) is 0.704. The maximum absolute atomic E-state index is 12.3. The van der Waals surface area contributed by atoms with E-state index in [4.69, 9.17) is 5.26 Å². The normalized spacial score (nSPS) is 25.6. The fourth-order valence-corrected chi connectivity index (χ4v) is 1.95. The monoisotopic (exact) mass is 236 g/mol. The van der Waals surface area contributed by atoms with Crippen molar-refractivity contribution in [3.8, 4) is 6.07 Å². The van der Waals surface area contributed by atoms with Gasteiger partial charge in [-0.3, -0.25) is 14.5 Å². The van der Waals surface area contributed by atoms with Crippen molar-refractivity contribution >= 4 is 11.8 Å². The van der Waals surface area contributed by atoms with E-state index >= 15 is 0 Å². The Labute approximate surface area is 103 Å². The summed E-state index contributed by atoms with van der Waals surface area (Å²) in [5.74, 6) is -0.176. The van der Waals surface area contributed by atoms with E-state index in [1.165, 1.54) is 4.90 Å². The Kier molecular flexibility index (Phi) is 3.33. The summed E-state index contributed by atoms with van der Waals surface area (Å²) >= 11 is 0. The summed E-state index contributed by atoms with van der Waals surface area (Å²) in [6, 6.07) is 2.12. The van der Waals surface area contributed by atoms with Gasteiger partial charge in [0.25, 0.3) is 0 Å². The van der Waals surface area contributed by atoms with Crippen molar-refractivity contribution in [2.24, 2.45) is 16.7 Å². The summed E-state index contributed by atoms with van der Waals surface area (Å²) in [5, 5.41) is 8.97. The predicted molar refractivity (Wildman–Crippen MR) is 63.7 cm³/mol. The highest BCUT2D eigenvalue weighted by Gasteiger charge is 2.50. The number of hydrogen-bond donors (Lipinski definition) is 0. The zero-order chi connectivity index (χ0) is 13.4. The summed E-state index contributed by atoms with van der Waals surface area (Å²) in [4.78, 5) is 25.4. The van der Waals surface area contributed by atoms with Gasteiger partial charge in [-0.2, -0.15) is 5.26 Å². The summed E-state index contributed by atoms with van der Waals surface area (Å²) in [6.07, 6.45) is 0.255. The lowest BCUT2D eigenvalue weighted by Gasteiger charge is -2.28. The molecule has 1 saturated heterocycles. The third kappa shape index (κ3) is 2.33. The molecular formula is C13H20N2O2. The second kappa shape index (κ2) is 4.14. The zero-order valence-electron chi connectivity index (χ0n) is 11.2. The molecular weight excluding hydrogens is 216 g/mol. The number of likely N-dealkylation sites (tertiary alicyclic amines) is 1. The maximum atomic E-state index is 12.3. The first-order chi connectivity index (χ1) is 7.64. The Bertz CT molecular complexity index is 393. The minimum absolute atomic E-state index is 0.120. The SMILES string of the molecule is CC(C)C1(C)CC(=O)N(CC(C)(C)C#N)C1=O. The van der Waals surface area contributed by atoms with Crippen LogP contribution < -0.4 is 0 Å². The van der Waals surface area contributed by atoms with Crippen LogP contribution in [-0.4, -0.2) is 23.3 Å². The number of nitrogens with zero attached hydrogens (tertiary/aromatic N) is 2. The Morgan fingerprint density at radius 2 is 2.00 bits per heavy atom. The highest BCUT2D eigenvalue weighted by molar-refractivity contribution is 6.05. The van der Waals surface area contributed by atoms with E-state index in [9.17, 15) is 9.59 Å². The van der Waals surface area contributed by atoms with Crippen molar-refractivity contribution in [2.45, 2.75) is 41.0 Å². The summed E-state index contributed by atoms with van der Waals surface area (Å²) < 4.78 is 0. The highest BCUT2D eigenvalue weighted by atomic mass is 16.2. The van der Waals surface area contributed by atoms with Gasteiger partial charge in [-0.25, -0.2) is 0 Å². The van der Waals surface area contributed by atoms with Gasteiger partial charge in [-0.05, 0) is 26.7 Å². The molecule has 0 aromatic carbocycles. The van der Waals surface area contributed by atoms with E-state index in [2.05, 4.69) is 6.07 Å². The van der Waals surface area contributed by atoms with E-state index < -0.39 is 10.8 Å². The first-order valence-electron chi connectivity index (χ1n) is 5.90. The topological polar surface area (TPSA) is 61.2 Å². The molecule has 1 atom stereocenters. The predicted octanol–water partition coefficient (Wildman–Crippen LogP) is 1.96. The van der Waals surface area contributed by atoms with Crippen LogP contribution in [0, 0.1) is 28.1 Å². The van der Waals surface area contributed by atoms with Gasteiger partial charge >= 0.3 is 0 Å². The number of amides is 2. The standard InChI is InChI=1S/C13H20N2O2/c1-9(2)13(5)6-10(16)15(11(13)17)8-12(3,4)7-14/h9H,6,8H2,1-5H3. The molecule has 1 aliphatic heterocycles. The number of rotatable bonds is 3. The van der Waals surface area contributed by atoms with E-state index in [1.807, 2.05) is 20.8 Å². The fourth-order valence-electron chi connectivity index (χ4n) is 1.95. The smallest absolute Gasteiger partial charge is 0.235 e. The van der Waals surface area contributed by atoms with E-state index in [0.29, 0.717) is 0 Å². The molecule has 4 nitrogen and oxygen atoms in total. The molecule has 0 aromatic rings. The number of carbonyl (C=O) groups is 2. The first-order valence-corrected chi connectivity index (χ1v) is 5.90. The van der Waals surface area contributed by atoms with Gasteiger partial charge in [-0.15, -0.1) is 0 Å². The molecule has 0 bridgehead atoms. The lowest BCUT2D eigenvalue weighted by Crippen LogP contribution is -2.41. The molecule has 17 heavy (non-hydrogen) atoms. The molecule has 0 N–H and O–H groups in total. The van der Waals surface area contributed by atoms with Gasteiger partial charge in [0.2, 0.25) is 11.8 Å². The van der Waals surface area contributed by atoms with Crippen LogP contribution in [0.15, 0.2) is 0 Å². The van der Waals surface area contributed by atoms with Gasteiger partial charge in [-0.1, -0.05) is 13.8 Å². The van der Waals surface area contributed by atoms with Crippen molar-refractivity contribution in [1.29, 1.82) is 5.26 Å². The summed E-state index contributed by atoms with van der Waals surface area (Å²) in [5.41, 5.74) is -1.30. The van der Waals surface area contributed by atoms with Crippen LogP contribution in [0.1, 0.15) is 41.0 Å². The largest absolute Gasteiger partial charge is 0.281 e. The third-order valence-corrected chi connectivity index (χ3v) is 3.68. The minimum atomic E-state index is -0.687. The van der Waals surface area contributed by atoms with Crippen molar-refractivity contribution in [1.82, 2.24) is 4.90 Å². The van der Waals surface area contributed by atoms with Crippen LogP contribution in [0.2, 0.25) is 0 Å². The molecule has 1 fully saturated rings. The highest BCUT2D eigenvalue weighted by Crippen LogP contribution is 2.40. The number of carbonyl (C=O) groups excluding carboxylic acids is 2. The van der Waals surface area contributed by atoms with E-state index in [0.717, 1.165) is 0 Å². The summed E-state index contributed by atoms with van der Waals surface area (Å²) in [7, 11) is 0. The number of hydrogen-bond acceptors (Lipinski definition) is 3. The van der Waals surface area contributed by atoms with Crippen LogP contribution in [0.5, 0.6) is 0 Å². The molecule has 1 aliphatic rings. The van der Waals surface area contributed by atoms with Gasteiger partial charge in [0.1, 0.15) is 0 Å². The van der Waals surface area contributed by atoms with E-state index in [-0.39, 0.29) is 30.7 Å². The molecule has 94 valence electrons. The molecule has 2 amide bonds. The Hall–Kier alpha value is -1.37. The Morgan fingerprint density at radius 1 is 1.47 bits per heavy atom. The molecule has 1 rings (SSSR count). The van der Waals surface area contributed by atoms with Gasteiger partial charge in [0, 0.05) is 13.0 Å². The van der Waals surface area contributed by atoms with Crippen LogP contribution in [0.3, 0.4) is 0 Å². The molecule has 1 heterocycles. The second-order valence-electron chi connectivity index (χ2n) is 6.03. The van der Waals surface area contributed by atoms with Crippen molar-refractivity contribution < 1.29 is 9.59 Å². The van der Waals surface area contributed by atoms with Crippen molar-refractivity contribution in [2.75, 3.05) is 6.54 Å². The molecule has 0 radical (unpaired) electrons. The van der Waals surface area contributed by atoms with Crippen LogP contribution in [0.4, 0.5) is 0 Å². The van der Waals surface area contributed by atoms with Gasteiger partial charge in [0.05, 0.1) is 16.9 Å². The Morgan fingerprint density at radius 3 is 2.35 bits per heavy atom. The van der Waals surface area contributed by atoms with Gasteiger partial charge < -0.3 is 0 Å². The number of imide groups is 1. The van der Waals surface area contributed by atoms with E-state index in [1.54, 1.807) is 13.8 Å². The first kappa shape index (κ1) is 13.7. The molecule has 0 aliphatic carbocycles. The molecule has 1 unspecified atom stereocenters.